The van der Waals surface area contributed by atoms with Crippen molar-refractivity contribution in [3.63, 3.8) is 0 Å². The molecule has 0 unspecified atom stereocenters. The monoisotopic (exact) mass is 325 g/mol. The van der Waals surface area contributed by atoms with E-state index < -0.39 is 31.2 Å². The van der Waals surface area contributed by atoms with Crippen molar-refractivity contribution < 1.29 is 29.6 Å². The molecule has 0 bridgehead atoms. The molecule has 0 saturated heterocycles. The molecular formula is C16H23NO6. The molecule has 0 heterocycles. The summed E-state index contributed by atoms with van der Waals surface area (Å²) < 4.78 is 5.06. The van der Waals surface area contributed by atoms with Crippen molar-refractivity contribution in [2.24, 2.45) is 5.41 Å². The van der Waals surface area contributed by atoms with Gasteiger partial charge < -0.3 is 25.4 Å². The molecule has 128 valence electrons. The number of aliphatic hydroxyl groups is 3. The highest BCUT2D eigenvalue weighted by atomic mass is 16.5. The molecular weight excluding hydrogens is 302 g/mol. The Morgan fingerprint density at radius 2 is 1.65 bits per heavy atom. The van der Waals surface area contributed by atoms with Gasteiger partial charge in [-0.05, 0) is 18.6 Å². The van der Waals surface area contributed by atoms with E-state index in [1.807, 2.05) is 6.92 Å². The lowest BCUT2D eigenvalue weighted by molar-refractivity contribution is -0.0441. The van der Waals surface area contributed by atoms with Gasteiger partial charge in [0.05, 0.1) is 36.4 Å². The number of aliphatic hydroxyl groups excluding tert-OH is 3. The maximum absolute atomic E-state index is 12.2. The predicted octanol–water partition coefficient (Wildman–Crippen LogP) is -0.0535. The lowest BCUT2D eigenvalue weighted by atomic mass is 9.92. The zero-order valence-electron chi connectivity index (χ0n) is 13.1. The van der Waals surface area contributed by atoms with Crippen LogP contribution >= 0.6 is 0 Å². The van der Waals surface area contributed by atoms with Crippen LogP contribution in [0.25, 0.3) is 0 Å². The molecule has 0 aliphatic carbocycles. The summed E-state index contributed by atoms with van der Waals surface area (Å²) >= 11 is 0. The average Bonchev–Trinajstić information content (AvgIpc) is 2.61. The predicted molar refractivity (Wildman–Crippen MR) is 83.0 cm³/mol. The smallest absolute Gasteiger partial charge is 0.338 e. The van der Waals surface area contributed by atoms with Crippen molar-refractivity contribution in [2.45, 2.75) is 13.3 Å². The molecule has 23 heavy (non-hydrogen) atoms. The van der Waals surface area contributed by atoms with E-state index in [0.717, 1.165) is 6.42 Å². The fourth-order valence-electron chi connectivity index (χ4n) is 1.78. The minimum Gasteiger partial charge on any atom is -0.461 e. The van der Waals surface area contributed by atoms with Gasteiger partial charge in [0.25, 0.3) is 5.91 Å². The summed E-state index contributed by atoms with van der Waals surface area (Å²) in [7, 11) is 0. The lowest BCUT2D eigenvalue weighted by Gasteiger charge is -2.26. The molecule has 0 spiro atoms. The van der Waals surface area contributed by atoms with E-state index in [4.69, 9.17) is 4.74 Å². The van der Waals surface area contributed by atoms with Crippen LogP contribution in [0.5, 0.6) is 0 Å². The maximum Gasteiger partial charge on any atom is 0.338 e. The van der Waals surface area contributed by atoms with Crippen LogP contribution in [0.3, 0.4) is 0 Å². The largest absolute Gasteiger partial charge is 0.461 e. The first-order valence-corrected chi connectivity index (χ1v) is 7.40. The highest BCUT2D eigenvalue weighted by Crippen LogP contribution is 2.17. The topological polar surface area (TPSA) is 116 Å². The lowest BCUT2D eigenvalue weighted by Crippen LogP contribution is -2.39. The highest BCUT2D eigenvalue weighted by Gasteiger charge is 2.31. The minimum atomic E-state index is -1.31. The molecule has 0 atom stereocenters. The van der Waals surface area contributed by atoms with E-state index in [2.05, 4.69) is 5.32 Å². The van der Waals surface area contributed by atoms with Crippen molar-refractivity contribution in [1.82, 2.24) is 5.32 Å². The zero-order valence-corrected chi connectivity index (χ0v) is 13.1. The fourth-order valence-corrected chi connectivity index (χ4v) is 1.78. The third-order valence-corrected chi connectivity index (χ3v) is 3.44. The van der Waals surface area contributed by atoms with Gasteiger partial charge in [0, 0.05) is 6.54 Å². The Hall–Kier alpha value is -1.96. The first-order valence-electron chi connectivity index (χ1n) is 7.40. The number of ether oxygens (including phenoxy) is 1. The van der Waals surface area contributed by atoms with Gasteiger partial charge in [-0.3, -0.25) is 4.79 Å². The van der Waals surface area contributed by atoms with Crippen LogP contribution in [0.2, 0.25) is 0 Å². The summed E-state index contributed by atoms with van der Waals surface area (Å²) in [6.07, 6.45) is 0.768. The van der Waals surface area contributed by atoms with Crippen LogP contribution in [0.4, 0.5) is 0 Å². The molecule has 1 rings (SSSR count). The molecule has 0 aromatic heterocycles. The number of rotatable bonds is 9. The maximum atomic E-state index is 12.2. The summed E-state index contributed by atoms with van der Waals surface area (Å²) in [4.78, 5) is 24.3. The van der Waals surface area contributed by atoms with Crippen LogP contribution in [-0.4, -0.2) is 60.2 Å². The van der Waals surface area contributed by atoms with Gasteiger partial charge >= 0.3 is 5.97 Å². The normalized spacial score (nSPS) is 11.1. The van der Waals surface area contributed by atoms with E-state index in [1.54, 1.807) is 12.1 Å². The molecule has 0 aliphatic rings. The Kier molecular flexibility index (Phi) is 7.67. The Bertz CT molecular complexity index is 519. The molecule has 0 fully saturated rings. The van der Waals surface area contributed by atoms with E-state index in [9.17, 15) is 24.9 Å². The molecule has 0 aliphatic heterocycles. The summed E-state index contributed by atoms with van der Waals surface area (Å²) in [6, 6.07) is 6.21. The molecule has 1 aromatic carbocycles. The Morgan fingerprint density at radius 3 is 2.17 bits per heavy atom. The molecule has 1 aromatic rings. The molecule has 0 radical (unpaired) electrons. The number of hydrogen-bond acceptors (Lipinski definition) is 6. The number of nitrogens with one attached hydrogen (secondary N) is 1. The van der Waals surface area contributed by atoms with Crippen molar-refractivity contribution in [2.75, 3.05) is 33.0 Å². The Balaban J connectivity index is 2.86. The highest BCUT2D eigenvalue weighted by molar-refractivity contribution is 6.05. The van der Waals surface area contributed by atoms with Crippen LogP contribution in [0.1, 0.15) is 34.1 Å². The summed E-state index contributed by atoms with van der Waals surface area (Å²) in [5, 5.41) is 30.4. The van der Waals surface area contributed by atoms with Gasteiger partial charge in [0.2, 0.25) is 0 Å². The van der Waals surface area contributed by atoms with E-state index >= 15 is 0 Å². The van der Waals surface area contributed by atoms with Gasteiger partial charge in [-0.25, -0.2) is 4.79 Å². The first kappa shape index (κ1) is 19.1. The second kappa shape index (κ2) is 9.24. The van der Waals surface area contributed by atoms with E-state index in [-0.39, 0.29) is 23.6 Å². The Labute approximate surface area is 134 Å². The second-order valence-corrected chi connectivity index (χ2v) is 5.35. The summed E-state index contributed by atoms with van der Waals surface area (Å²) in [5.41, 5.74) is -1.04. The zero-order chi connectivity index (χ0) is 17.3. The van der Waals surface area contributed by atoms with Crippen molar-refractivity contribution in [1.29, 1.82) is 0 Å². The standard InChI is InChI=1S/C16H23NO6/c1-2-7-17-14(21)12-5-3-4-6-13(12)15(22)23-11-16(8-18,9-19)10-20/h3-6,18-20H,2,7-11H2,1H3,(H,17,21). The molecule has 4 N–H and O–H groups in total. The van der Waals surface area contributed by atoms with Gasteiger partial charge in [-0.2, -0.15) is 0 Å². The molecule has 1 amide bonds. The summed E-state index contributed by atoms with van der Waals surface area (Å²) in [5.74, 6) is -1.14. The number of amides is 1. The van der Waals surface area contributed by atoms with Crippen molar-refractivity contribution in [3.8, 4) is 0 Å². The number of carbonyl (C=O) groups excluding carboxylic acids is 2. The van der Waals surface area contributed by atoms with Gasteiger partial charge in [0.1, 0.15) is 6.61 Å². The Morgan fingerprint density at radius 1 is 1.09 bits per heavy atom. The van der Waals surface area contributed by atoms with Gasteiger partial charge in [0.15, 0.2) is 0 Å². The number of benzene rings is 1. The summed E-state index contributed by atoms with van der Waals surface area (Å²) in [6.45, 7) is 0.438. The van der Waals surface area contributed by atoms with Crippen LogP contribution in [0.15, 0.2) is 24.3 Å². The minimum absolute atomic E-state index is 0.0869. The van der Waals surface area contributed by atoms with Crippen LogP contribution < -0.4 is 5.32 Å². The fraction of sp³-hybridized carbons (Fsp3) is 0.500. The molecule has 0 saturated carbocycles. The van der Waals surface area contributed by atoms with Crippen LogP contribution in [-0.2, 0) is 4.74 Å². The van der Waals surface area contributed by atoms with E-state index in [1.165, 1.54) is 12.1 Å². The SMILES string of the molecule is CCCNC(=O)c1ccccc1C(=O)OCC(CO)(CO)CO. The quantitative estimate of drug-likeness (QED) is 0.473. The third-order valence-electron chi connectivity index (χ3n) is 3.44. The number of carbonyl (C=O) groups is 2. The number of esters is 1. The molecule has 7 heteroatoms. The van der Waals surface area contributed by atoms with Gasteiger partial charge in [-0.1, -0.05) is 19.1 Å². The van der Waals surface area contributed by atoms with E-state index in [0.29, 0.717) is 6.54 Å². The first-order chi connectivity index (χ1) is 11.0. The number of hydrogen-bond donors (Lipinski definition) is 4. The molecule has 7 nitrogen and oxygen atoms in total. The van der Waals surface area contributed by atoms with Crippen LogP contribution in [0, 0.1) is 5.41 Å². The van der Waals surface area contributed by atoms with Crippen molar-refractivity contribution in [3.05, 3.63) is 35.4 Å². The average molecular weight is 325 g/mol. The second-order valence-electron chi connectivity index (χ2n) is 5.35. The van der Waals surface area contributed by atoms with Crippen molar-refractivity contribution >= 4 is 11.9 Å². The van der Waals surface area contributed by atoms with Gasteiger partial charge in [-0.15, -0.1) is 0 Å². The third kappa shape index (κ3) is 5.02.